The first-order valence-electron chi connectivity index (χ1n) is 2.51. The Morgan fingerprint density at radius 1 is 1.67 bits per heavy atom. The van der Waals surface area contributed by atoms with Crippen LogP contribution in [-0.4, -0.2) is 5.91 Å². The second kappa shape index (κ2) is 3.67. The summed E-state index contributed by atoms with van der Waals surface area (Å²) < 4.78 is 0. The van der Waals surface area contributed by atoms with Gasteiger partial charge >= 0.3 is 0 Å². The van der Waals surface area contributed by atoms with Crippen molar-refractivity contribution in [1.82, 2.24) is 5.32 Å². The molecule has 0 spiro atoms. The van der Waals surface area contributed by atoms with Crippen molar-refractivity contribution >= 4 is 5.91 Å². The fraction of sp³-hybridized carbons (Fsp3) is 0.333. The van der Waals surface area contributed by atoms with Gasteiger partial charge in [-0.2, -0.15) is 5.26 Å². The zero-order valence-corrected chi connectivity index (χ0v) is 5.43. The Kier molecular flexibility index (Phi) is 3.14. The minimum absolute atomic E-state index is 0.363. The average molecular weight is 124 g/mol. The smallest absolute Gasteiger partial charge is 0.256 e. The van der Waals surface area contributed by atoms with E-state index in [-0.39, 0.29) is 5.91 Å². The molecule has 9 heavy (non-hydrogen) atoms. The Balaban J connectivity index is 3.81. The van der Waals surface area contributed by atoms with Gasteiger partial charge in [-0.25, -0.2) is 0 Å². The summed E-state index contributed by atoms with van der Waals surface area (Å²) in [5, 5.41) is 9.91. The van der Waals surface area contributed by atoms with E-state index in [1.807, 2.05) is 5.32 Å². The predicted octanol–water partition coefficient (Wildman–Crippen LogP) is 0.550. The van der Waals surface area contributed by atoms with Crippen LogP contribution in [0.5, 0.6) is 0 Å². The Labute approximate surface area is 54.0 Å². The minimum atomic E-state index is -0.363. The van der Waals surface area contributed by atoms with E-state index < -0.39 is 0 Å². The van der Waals surface area contributed by atoms with Crippen molar-refractivity contribution in [3.63, 3.8) is 0 Å². The maximum Gasteiger partial charge on any atom is 0.256 e. The Morgan fingerprint density at radius 3 is 2.56 bits per heavy atom. The molecule has 0 aromatic carbocycles. The zero-order chi connectivity index (χ0) is 7.28. The first-order chi connectivity index (χ1) is 4.16. The number of hydrogen-bond acceptors (Lipinski definition) is 2. The molecule has 0 saturated heterocycles. The molecular weight excluding hydrogens is 116 g/mol. The van der Waals surface area contributed by atoms with E-state index in [4.69, 9.17) is 5.26 Å². The number of allylic oxidation sites excluding steroid dienone is 1. The van der Waals surface area contributed by atoms with Crippen molar-refractivity contribution in [2.45, 2.75) is 13.8 Å². The van der Waals surface area contributed by atoms with Crippen molar-refractivity contribution in [1.29, 1.82) is 5.26 Å². The highest BCUT2D eigenvalue weighted by Crippen LogP contribution is 1.85. The van der Waals surface area contributed by atoms with Gasteiger partial charge in [-0.15, -0.1) is 0 Å². The van der Waals surface area contributed by atoms with Crippen LogP contribution in [0.3, 0.4) is 0 Å². The van der Waals surface area contributed by atoms with E-state index in [1.54, 1.807) is 13.8 Å². The highest BCUT2D eigenvalue weighted by molar-refractivity contribution is 5.89. The van der Waals surface area contributed by atoms with Crippen molar-refractivity contribution < 1.29 is 4.79 Å². The van der Waals surface area contributed by atoms with Crippen LogP contribution in [-0.2, 0) is 4.79 Å². The molecule has 0 atom stereocenters. The number of amides is 1. The number of carbonyl (C=O) groups is 1. The van der Waals surface area contributed by atoms with Crippen LogP contribution in [0.2, 0.25) is 0 Å². The van der Waals surface area contributed by atoms with E-state index >= 15 is 0 Å². The van der Waals surface area contributed by atoms with E-state index in [0.717, 1.165) is 5.57 Å². The van der Waals surface area contributed by atoms with Crippen molar-refractivity contribution in [3.8, 4) is 6.19 Å². The standard InChI is InChI=1S/C6H8N2O/c1-5(2)3-6(9)8-4-7/h3H,1-2H3,(H,8,9). The van der Waals surface area contributed by atoms with E-state index in [2.05, 4.69) is 0 Å². The summed E-state index contributed by atoms with van der Waals surface area (Å²) in [5.41, 5.74) is 0.878. The Hall–Kier alpha value is -1.30. The highest BCUT2D eigenvalue weighted by atomic mass is 16.1. The predicted molar refractivity (Wildman–Crippen MR) is 33.2 cm³/mol. The van der Waals surface area contributed by atoms with Crippen LogP contribution in [0.25, 0.3) is 0 Å². The molecular formula is C6H8N2O. The summed E-state index contributed by atoms with van der Waals surface area (Å²) in [4.78, 5) is 10.4. The molecule has 0 aliphatic carbocycles. The van der Waals surface area contributed by atoms with Gasteiger partial charge in [-0.1, -0.05) is 5.57 Å². The van der Waals surface area contributed by atoms with Gasteiger partial charge in [-0.05, 0) is 13.8 Å². The number of hydrogen-bond donors (Lipinski definition) is 1. The summed E-state index contributed by atoms with van der Waals surface area (Å²) in [7, 11) is 0. The van der Waals surface area contributed by atoms with Crippen LogP contribution in [0, 0.1) is 11.5 Å². The normalized spacial score (nSPS) is 7.22. The van der Waals surface area contributed by atoms with E-state index in [0.29, 0.717) is 0 Å². The largest absolute Gasteiger partial charge is 0.269 e. The summed E-state index contributed by atoms with van der Waals surface area (Å²) in [6.07, 6.45) is 2.89. The second-order valence-corrected chi connectivity index (χ2v) is 1.82. The number of nitrogens with zero attached hydrogens (tertiary/aromatic N) is 1. The lowest BCUT2D eigenvalue weighted by Gasteiger charge is -1.86. The Bertz CT molecular complexity index is 172. The summed E-state index contributed by atoms with van der Waals surface area (Å²) >= 11 is 0. The summed E-state index contributed by atoms with van der Waals surface area (Å²) in [5.74, 6) is -0.363. The lowest BCUT2D eigenvalue weighted by molar-refractivity contribution is -0.115. The monoisotopic (exact) mass is 124 g/mol. The molecule has 0 saturated carbocycles. The third-order valence-corrected chi connectivity index (χ3v) is 0.599. The fourth-order valence-electron chi connectivity index (χ4n) is 0.353. The first-order valence-corrected chi connectivity index (χ1v) is 2.51. The topological polar surface area (TPSA) is 52.9 Å². The quantitative estimate of drug-likeness (QED) is 0.315. The van der Waals surface area contributed by atoms with Crippen molar-refractivity contribution in [2.75, 3.05) is 0 Å². The van der Waals surface area contributed by atoms with Crippen LogP contribution < -0.4 is 5.32 Å². The van der Waals surface area contributed by atoms with Gasteiger partial charge in [0, 0.05) is 6.08 Å². The van der Waals surface area contributed by atoms with Gasteiger partial charge in [0.15, 0.2) is 6.19 Å². The molecule has 3 nitrogen and oxygen atoms in total. The molecule has 0 aliphatic rings. The van der Waals surface area contributed by atoms with Crippen LogP contribution in [0.4, 0.5) is 0 Å². The van der Waals surface area contributed by atoms with E-state index in [1.165, 1.54) is 12.3 Å². The number of nitriles is 1. The van der Waals surface area contributed by atoms with Crippen LogP contribution in [0.15, 0.2) is 11.6 Å². The number of rotatable bonds is 1. The zero-order valence-electron chi connectivity index (χ0n) is 5.43. The maximum absolute atomic E-state index is 10.4. The molecule has 0 aliphatic heterocycles. The average Bonchev–Trinajstić information content (AvgIpc) is 1.63. The van der Waals surface area contributed by atoms with Gasteiger partial charge in [-0.3, -0.25) is 10.1 Å². The molecule has 1 N–H and O–H groups in total. The molecule has 48 valence electrons. The van der Waals surface area contributed by atoms with Gasteiger partial charge < -0.3 is 0 Å². The Morgan fingerprint density at radius 2 is 2.22 bits per heavy atom. The maximum atomic E-state index is 10.4. The molecule has 0 radical (unpaired) electrons. The lowest BCUT2D eigenvalue weighted by Crippen LogP contribution is -2.13. The molecule has 0 rings (SSSR count). The second-order valence-electron chi connectivity index (χ2n) is 1.82. The molecule has 0 fully saturated rings. The van der Waals surface area contributed by atoms with Crippen molar-refractivity contribution in [2.24, 2.45) is 0 Å². The summed E-state index contributed by atoms with van der Waals surface area (Å²) in [6, 6.07) is 0. The minimum Gasteiger partial charge on any atom is -0.269 e. The third kappa shape index (κ3) is 4.56. The molecule has 0 unspecified atom stereocenters. The van der Waals surface area contributed by atoms with Gasteiger partial charge in [0.05, 0.1) is 0 Å². The summed E-state index contributed by atoms with van der Waals surface area (Å²) in [6.45, 7) is 3.58. The van der Waals surface area contributed by atoms with E-state index in [9.17, 15) is 4.79 Å². The molecule has 0 aromatic heterocycles. The van der Waals surface area contributed by atoms with Crippen LogP contribution >= 0.6 is 0 Å². The molecule has 3 heteroatoms. The number of carbonyl (C=O) groups excluding carboxylic acids is 1. The highest BCUT2D eigenvalue weighted by Gasteiger charge is 1.90. The molecule has 0 heterocycles. The molecule has 0 bridgehead atoms. The fourth-order valence-corrected chi connectivity index (χ4v) is 0.353. The number of nitrogens with one attached hydrogen (secondary N) is 1. The van der Waals surface area contributed by atoms with Crippen LogP contribution in [0.1, 0.15) is 13.8 Å². The van der Waals surface area contributed by atoms with Crippen molar-refractivity contribution in [3.05, 3.63) is 11.6 Å². The lowest BCUT2D eigenvalue weighted by atomic mass is 10.3. The first kappa shape index (κ1) is 7.70. The van der Waals surface area contributed by atoms with Gasteiger partial charge in [0.25, 0.3) is 5.91 Å². The third-order valence-electron chi connectivity index (χ3n) is 0.599. The molecule has 0 aromatic rings. The van der Waals surface area contributed by atoms with Gasteiger partial charge in [0.1, 0.15) is 0 Å². The SMILES string of the molecule is CC(C)=CC(=O)NC#N. The molecule has 1 amide bonds. The van der Waals surface area contributed by atoms with Gasteiger partial charge in [0.2, 0.25) is 0 Å².